The van der Waals surface area contributed by atoms with Gasteiger partial charge in [0, 0.05) is 24.1 Å². The van der Waals surface area contributed by atoms with E-state index in [9.17, 15) is 27.5 Å². The number of benzene rings is 1. The molecule has 3 fully saturated rings. The second kappa shape index (κ2) is 5.80. The molecule has 0 spiro atoms. The van der Waals surface area contributed by atoms with Crippen LogP contribution < -0.4 is 10.2 Å². The van der Waals surface area contributed by atoms with Crippen molar-refractivity contribution in [3.8, 4) is 0 Å². The van der Waals surface area contributed by atoms with Crippen molar-refractivity contribution in [2.75, 3.05) is 30.0 Å². The molecule has 1 saturated carbocycles. The SMILES string of the molecule is CNC(=O)[C@H]1CN(c2cc(F)c(C3[C@H]4CS(O)(O)C[C@@H]34)c(F)c2)C(=O)O1. The summed E-state index contributed by atoms with van der Waals surface area (Å²) in [6, 6.07) is 2.11. The van der Waals surface area contributed by atoms with Gasteiger partial charge in [-0.05, 0) is 29.9 Å². The molecule has 0 aromatic heterocycles. The molecule has 10 heteroatoms. The van der Waals surface area contributed by atoms with Crippen LogP contribution in [0.4, 0.5) is 19.3 Å². The van der Waals surface area contributed by atoms with Crippen molar-refractivity contribution in [2.45, 2.75) is 12.0 Å². The molecule has 2 aliphatic heterocycles. The summed E-state index contributed by atoms with van der Waals surface area (Å²) in [6.07, 6.45) is -1.88. The van der Waals surface area contributed by atoms with Crippen molar-refractivity contribution in [3.05, 3.63) is 29.3 Å². The zero-order valence-corrected chi connectivity index (χ0v) is 14.6. The molecule has 0 bridgehead atoms. The zero-order valence-electron chi connectivity index (χ0n) is 13.8. The lowest BCUT2D eigenvalue weighted by Gasteiger charge is -2.29. The van der Waals surface area contributed by atoms with Gasteiger partial charge in [-0.3, -0.25) is 18.8 Å². The highest BCUT2D eigenvalue weighted by Gasteiger charge is 2.60. The Kier molecular flexibility index (Phi) is 3.90. The topological polar surface area (TPSA) is 99.1 Å². The summed E-state index contributed by atoms with van der Waals surface area (Å²) in [7, 11) is -1.21. The van der Waals surface area contributed by atoms with Crippen LogP contribution in [0.2, 0.25) is 0 Å². The third kappa shape index (κ3) is 2.72. The average Bonchev–Trinajstić information content (AvgIpc) is 2.92. The maximum atomic E-state index is 14.6. The maximum Gasteiger partial charge on any atom is 0.415 e. The molecule has 3 N–H and O–H groups in total. The number of nitrogens with zero attached hydrogens (tertiary/aromatic N) is 1. The van der Waals surface area contributed by atoms with E-state index in [0.29, 0.717) is 0 Å². The van der Waals surface area contributed by atoms with Crippen LogP contribution in [0.25, 0.3) is 0 Å². The minimum Gasteiger partial charge on any atom is -0.434 e. The van der Waals surface area contributed by atoms with Gasteiger partial charge in [-0.1, -0.05) is 0 Å². The summed E-state index contributed by atoms with van der Waals surface area (Å²) >= 11 is 0. The van der Waals surface area contributed by atoms with Crippen LogP contribution >= 0.6 is 10.6 Å². The molecule has 1 aliphatic carbocycles. The minimum atomic E-state index is -2.61. The van der Waals surface area contributed by atoms with Crippen molar-refractivity contribution in [1.82, 2.24) is 5.32 Å². The van der Waals surface area contributed by atoms with E-state index in [1.165, 1.54) is 7.05 Å². The molecule has 0 radical (unpaired) electrons. The standard InChI is InChI=1S/C16H18F2N2O5S/c1-19-15(21)12-4-20(16(22)25-12)7-2-10(17)14(11(18)3-7)13-8-5-26(23,24)6-9(8)13/h2-3,8-9,12-13,23-24H,4-6H2,1H3,(H,19,21)/t8-,9+,12-,13?/m1/s1. The predicted molar refractivity (Wildman–Crippen MR) is 90.3 cm³/mol. The highest BCUT2D eigenvalue weighted by atomic mass is 32.3. The van der Waals surface area contributed by atoms with Crippen LogP contribution in [0.15, 0.2) is 12.1 Å². The molecule has 2 amide bonds. The molecular formula is C16H18F2N2O5S. The Hall–Kier alpha value is -1.91. The lowest BCUT2D eigenvalue weighted by atomic mass is 10.1. The number of hydrogen-bond acceptors (Lipinski definition) is 5. The maximum absolute atomic E-state index is 14.6. The molecule has 3 aliphatic rings. The number of anilines is 1. The van der Waals surface area contributed by atoms with E-state index in [1.54, 1.807) is 0 Å². The molecule has 1 unspecified atom stereocenters. The van der Waals surface area contributed by atoms with Gasteiger partial charge in [0.2, 0.25) is 0 Å². The Balaban J connectivity index is 1.56. The van der Waals surface area contributed by atoms with Gasteiger partial charge in [-0.2, -0.15) is 10.6 Å². The quantitative estimate of drug-likeness (QED) is 0.737. The van der Waals surface area contributed by atoms with Gasteiger partial charge in [0.15, 0.2) is 6.10 Å². The fourth-order valence-electron chi connectivity index (χ4n) is 4.03. The first-order valence-corrected chi connectivity index (χ1v) is 10.0. The Labute approximate surface area is 149 Å². The number of amides is 2. The van der Waals surface area contributed by atoms with Gasteiger partial charge in [0.25, 0.3) is 5.91 Å². The van der Waals surface area contributed by atoms with E-state index in [2.05, 4.69) is 5.32 Å². The van der Waals surface area contributed by atoms with Crippen LogP contribution in [0.3, 0.4) is 0 Å². The van der Waals surface area contributed by atoms with E-state index >= 15 is 0 Å². The molecule has 2 saturated heterocycles. The summed E-state index contributed by atoms with van der Waals surface area (Å²) in [4.78, 5) is 24.5. The van der Waals surface area contributed by atoms with Gasteiger partial charge in [0.1, 0.15) is 11.6 Å². The van der Waals surface area contributed by atoms with Crippen molar-refractivity contribution < 1.29 is 32.2 Å². The number of cyclic esters (lactones) is 1. The number of hydrogen-bond donors (Lipinski definition) is 3. The summed E-state index contributed by atoms with van der Waals surface area (Å²) in [5.41, 5.74) is -0.0932. The summed E-state index contributed by atoms with van der Waals surface area (Å²) in [5, 5.41) is 2.35. The number of carbonyl (C=O) groups excluding carboxylic acids is 2. The number of ether oxygens (including phenoxy) is 1. The largest absolute Gasteiger partial charge is 0.434 e. The van der Waals surface area contributed by atoms with Gasteiger partial charge in [-0.25, -0.2) is 13.6 Å². The summed E-state index contributed by atoms with van der Waals surface area (Å²) < 4.78 is 53.4. The molecule has 1 aromatic carbocycles. The van der Waals surface area contributed by atoms with E-state index in [-0.39, 0.29) is 47.1 Å². The normalized spacial score (nSPS) is 32.8. The zero-order chi connectivity index (χ0) is 18.8. The van der Waals surface area contributed by atoms with Crippen LogP contribution in [-0.2, 0) is 9.53 Å². The Morgan fingerprint density at radius 1 is 1.27 bits per heavy atom. The van der Waals surface area contributed by atoms with E-state index in [1.807, 2.05) is 0 Å². The number of halogens is 2. The fraction of sp³-hybridized carbons (Fsp3) is 0.500. The molecule has 7 nitrogen and oxygen atoms in total. The molecule has 4 atom stereocenters. The first kappa shape index (κ1) is 17.5. The van der Waals surface area contributed by atoms with Crippen molar-refractivity contribution in [1.29, 1.82) is 0 Å². The monoisotopic (exact) mass is 388 g/mol. The van der Waals surface area contributed by atoms with Crippen molar-refractivity contribution >= 4 is 28.3 Å². The predicted octanol–water partition coefficient (Wildman–Crippen LogP) is 2.13. The number of nitrogens with one attached hydrogen (secondary N) is 1. The third-order valence-electron chi connectivity index (χ3n) is 5.31. The lowest BCUT2D eigenvalue weighted by molar-refractivity contribution is -0.127. The smallest absolute Gasteiger partial charge is 0.415 e. The second-order valence-electron chi connectivity index (χ2n) is 6.91. The molecule has 142 valence electrons. The van der Waals surface area contributed by atoms with Crippen LogP contribution in [0, 0.1) is 23.5 Å². The van der Waals surface area contributed by atoms with Crippen LogP contribution in [-0.4, -0.2) is 52.3 Å². The Morgan fingerprint density at radius 3 is 2.38 bits per heavy atom. The number of rotatable bonds is 3. The van der Waals surface area contributed by atoms with E-state index in [4.69, 9.17) is 4.74 Å². The summed E-state index contributed by atoms with van der Waals surface area (Å²) in [6.45, 7) is -0.133. The molecule has 2 heterocycles. The average molecular weight is 388 g/mol. The fourth-order valence-corrected chi connectivity index (χ4v) is 6.31. The third-order valence-corrected chi connectivity index (χ3v) is 7.15. The molecule has 1 aromatic rings. The van der Waals surface area contributed by atoms with Crippen LogP contribution in [0.1, 0.15) is 11.5 Å². The summed E-state index contributed by atoms with van der Waals surface area (Å²) in [5.74, 6) is -2.33. The van der Waals surface area contributed by atoms with Gasteiger partial charge >= 0.3 is 6.09 Å². The van der Waals surface area contributed by atoms with Crippen molar-refractivity contribution in [2.24, 2.45) is 11.8 Å². The Bertz CT molecular complexity index is 768. The first-order chi connectivity index (χ1) is 12.2. The molecular weight excluding hydrogens is 370 g/mol. The lowest BCUT2D eigenvalue weighted by Crippen LogP contribution is -2.35. The van der Waals surface area contributed by atoms with Gasteiger partial charge in [0.05, 0.1) is 12.2 Å². The molecule has 4 rings (SSSR count). The first-order valence-electron chi connectivity index (χ1n) is 8.14. The number of fused-ring (bicyclic) bond motifs is 1. The second-order valence-corrected chi connectivity index (χ2v) is 9.18. The minimum absolute atomic E-state index is 0.0183. The van der Waals surface area contributed by atoms with E-state index in [0.717, 1.165) is 17.0 Å². The van der Waals surface area contributed by atoms with Crippen LogP contribution in [0.5, 0.6) is 0 Å². The van der Waals surface area contributed by atoms with Crippen molar-refractivity contribution in [3.63, 3.8) is 0 Å². The highest BCUT2D eigenvalue weighted by Crippen LogP contribution is 2.69. The van der Waals surface area contributed by atoms with E-state index < -0.39 is 40.3 Å². The highest BCUT2D eigenvalue weighted by molar-refractivity contribution is 8.24. The number of likely N-dealkylation sites (N-methyl/N-ethyl adjacent to an activating group) is 1. The van der Waals surface area contributed by atoms with Gasteiger partial charge < -0.3 is 10.1 Å². The van der Waals surface area contributed by atoms with Gasteiger partial charge in [-0.15, -0.1) is 0 Å². The number of carbonyl (C=O) groups is 2. The molecule has 26 heavy (non-hydrogen) atoms. The Morgan fingerprint density at radius 2 is 1.85 bits per heavy atom.